The number of hydrogen-bond acceptors (Lipinski definition) is 7. The van der Waals surface area contributed by atoms with Gasteiger partial charge in [0.25, 0.3) is 0 Å². The number of hydrogen-bond donors (Lipinski definition) is 4. The van der Waals surface area contributed by atoms with Crippen LogP contribution in [0, 0.1) is 0 Å². The first kappa shape index (κ1) is 20.1. The highest BCUT2D eigenvalue weighted by molar-refractivity contribution is 7.80. The van der Waals surface area contributed by atoms with Crippen molar-refractivity contribution in [1.82, 2.24) is 51.9 Å². The lowest BCUT2D eigenvalue weighted by Crippen LogP contribution is -2.37. The number of aromatic nitrogens is 8. The molecule has 0 aliphatic rings. The van der Waals surface area contributed by atoms with Crippen LogP contribution in [0.25, 0.3) is 0 Å². The number of nitrogens with zero attached hydrogens (tertiary/aromatic N) is 6. The van der Waals surface area contributed by atoms with Gasteiger partial charge in [0, 0.05) is 23.9 Å². The monoisotopic (exact) mass is 380 g/mol. The smallest absolute Gasteiger partial charge is 0.180 e. The summed E-state index contributed by atoms with van der Waals surface area (Å²) in [5.41, 5.74) is -0.213. The number of tetrazole rings is 2. The van der Waals surface area contributed by atoms with Crippen molar-refractivity contribution in [2.24, 2.45) is 0 Å². The van der Waals surface area contributed by atoms with E-state index in [0.29, 0.717) is 5.11 Å². The molecule has 4 N–H and O–H groups in total. The lowest BCUT2D eigenvalue weighted by atomic mass is 9.87. The Labute approximate surface area is 158 Å². The number of nitrogens with one attached hydrogen (secondary N) is 4. The summed E-state index contributed by atoms with van der Waals surface area (Å²) in [4.78, 5) is 0. The molecule has 0 atom stereocenters. The summed E-state index contributed by atoms with van der Waals surface area (Å²) >= 11 is 5.33. The second-order valence-electron chi connectivity index (χ2n) is 7.63. The summed E-state index contributed by atoms with van der Waals surface area (Å²) in [7, 11) is 0. The van der Waals surface area contributed by atoms with E-state index in [1.54, 1.807) is 0 Å². The summed E-state index contributed by atoms with van der Waals surface area (Å²) in [6, 6.07) is 0. The molecule has 0 saturated heterocycles. The summed E-state index contributed by atoms with van der Waals surface area (Å²) in [6.07, 6.45) is 3.82. The zero-order chi connectivity index (χ0) is 19.0. The molecule has 2 aromatic heterocycles. The Bertz CT molecular complexity index is 594. The summed E-state index contributed by atoms with van der Waals surface area (Å²) < 4.78 is 0. The van der Waals surface area contributed by atoms with Crippen LogP contribution >= 0.6 is 12.2 Å². The highest BCUT2D eigenvalue weighted by Gasteiger charge is 2.25. The first-order valence-corrected chi connectivity index (χ1v) is 9.22. The molecule has 0 aliphatic heterocycles. The minimum atomic E-state index is -0.107. The maximum absolute atomic E-state index is 5.33. The minimum absolute atomic E-state index is 0.107. The van der Waals surface area contributed by atoms with Crippen LogP contribution in [0.4, 0.5) is 0 Å². The van der Waals surface area contributed by atoms with E-state index in [1.165, 1.54) is 0 Å². The normalized spacial score (nSPS) is 12.2. The van der Waals surface area contributed by atoms with Gasteiger partial charge in [-0.1, -0.05) is 38.1 Å². The third-order valence-corrected chi connectivity index (χ3v) is 4.72. The molecule has 26 heavy (non-hydrogen) atoms. The van der Waals surface area contributed by atoms with Gasteiger partial charge in [-0.25, -0.2) is 0 Å². The van der Waals surface area contributed by atoms with Crippen LogP contribution in [0.3, 0.4) is 0 Å². The fourth-order valence-corrected chi connectivity index (χ4v) is 2.85. The number of thiocarbonyl (C=S) groups is 1. The van der Waals surface area contributed by atoms with Crippen LogP contribution < -0.4 is 10.6 Å². The highest BCUT2D eigenvalue weighted by Crippen LogP contribution is 2.24. The van der Waals surface area contributed by atoms with Crippen LogP contribution in [0.1, 0.15) is 65.0 Å². The molecule has 2 rings (SSSR count). The first-order chi connectivity index (χ1) is 12.3. The van der Waals surface area contributed by atoms with Crippen LogP contribution in [0.5, 0.6) is 0 Å². The van der Waals surface area contributed by atoms with Gasteiger partial charge in [0.1, 0.15) is 0 Å². The van der Waals surface area contributed by atoms with E-state index in [0.717, 1.165) is 50.4 Å². The number of aromatic amines is 2. The van der Waals surface area contributed by atoms with Gasteiger partial charge in [-0.05, 0) is 37.9 Å². The molecule has 0 spiro atoms. The molecule has 2 aromatic rings. The lowest BCUT2D eigenvalue weighted by molar-refractivity contribution is 0.431. The molecular weight excluding hydrogens is 352 g/mol. The van der Waals surface area contributed by atoms with Crippen molar-refractivity contribution >= 4 is 17.3 Å². The predicted octanol–water partition coefficient (Wildman–Crippen LogP) is 0.993. The molecule has 0 saturated carbocycles. The van der Waals surface area contributed by atoms with E-state index in [2.05, 4.69) is 79.6 Å². The van der Waals surface area contributed by atoms with Crippen molar-refractivity contribution in [3.8, 4) is 0 Å². The highest BCUT2D eigenvalue weighted by atomic mass is 32.1. The molecule has 0 radical (unpaired) electrons. The number of H-pyrrole nitrogens is 2. The standard InChI is InChI=1S/C15H28N10S/c1-14(2,11-18-22-23-19-11)7-5-9-16-13(26)17-10-6-8-15(3,4)12-20-24-25-21-12/h5-10H2,1-4H3,(H2,16,17,26)(H,18,19,22,23)(H,20,21,24,25). The molecule has 0 aromatic carbocycles. The zero-order valence-corrected chi connectivity index (χ0v) is 16.7. The van der Waals surface area contributed by atoms with Gasteiger partial charge in [-0.2, -0.15) is 10.4 Å². The molecule has 11 heteroatoms. The maximum atomic E-state index is 5.33. The van der Waals surface area contributed by atoms with Crippen molar-refractivity contribution in [2.75, 3.05) is 13.1 Å². The molecule has 0 aliphatic carbocycles. The molecule has 0 bridgehead atoms. The van der Waals surface area contributed by atoms with E-state index in [-0.39, 0.29) is 10.8 Å². The molecule has 0 unspecified atom stereocenters. The van der Waals surface area contributed by atoms with Crippen molar-refractivity contribution in [2.45, 2.75) is 64.2 Å². The zero-order valence-electron chi connectivity index (χ0n) is 15.8. The van der Waals surface area contributed by atoms with E-state index in [9.17, 15) is 0 Å². The molecule has 0 amide bonds. The average molecular weight is 381 g/mol. The van der Waals surface area contributed by atoms with Crippen LogP contribution in [0.15, 0.2) is 0 Å². The van der Waals surface area contributed by atoms with Gasteiger partial charge in [0.05, 0.1) is 0 Å². The van der Waals surface area contributed by atoms with Gasteiger partial charge in [-0.3, -0.25) is 0 Å². The van der Waals surface area contributed by atoms with Crippen molar-refractivity contribution in [3.63, 3.8) is 0 Å². The molecular formula is C15H28N10S. The van der Waals surface area contributed by atoms with Crippen LogP contribution in [-0.4, -0.2) is 59.5 Å². The van der Waals surface area contributed by atoms with Gasteiger partial charge in [0.2, 0.25) is 0 Å². The quantitative estimate of drug-likeness (QED) is 0.352. The van der Waals surface area contributed by atoms with Gasteiger partial charge in [-0.15, -0.1) is 20.4 Å². The van der Waals surface area contributed by atoms with Crippen molar-refractivity contribution < 1.29 is 0 Å². The van der Waals surface area contributed by atoms with Gasteiger partial charge >= 0.3 is 0 Å². The fraction of sp³-hybridized carbons (Fsp3) is 0.800. The second kappa shape index (κ2) is 8.97. The van der Waals surface area contributed by atoms with E-state index < -0.39 is 0 Å². The lowest BCUT2D eigenvalue weighted by Gasteiger charge is -2.21. The molecule has 10 nitrogen and oxygen atoms in total. The Morgan fingerprint density at radius 1 is 0.846 bits per heavy atom. The van der Waals surface area contributed by atoms with Crippen molar-refractivity contribution in [3.05, 3.63) is 11.6 Å². The summed E-state index contributed by atoms with van der Waals surface area (Å²) in [6.45, 7) is 10.1. The maximum Gasteiger partial charge on any atom is 0.180 e. The minimum Gasteiger partial charge on any atom is -0.363 e. The van der Waals surface area contributed by atoms with Crippen LogP contribution in [0.2, 0.25) is 0 Å². The third-order valence-electron chi connectivity index (χ3n) is 4.43. The second-order valence-corrected chi connectivity index (χ2v) is 8.04. The topological polar surface area (TPSA) is 133 Å². The summed E-state index contributed by atoms with van der Waals surface area (Å²) in [5.74, 6) is 1.48. The molecule has 2 heterocycles. The Morgan fingerprint density at radius 2 is 1.27 bits per heavy atom. The SMILES string of the molecule is CC(C)(CCCNC(=S)NCCCC(C)(C)c1nn[nH]n1)c1nn[nH]n1. The van der Waals surface area contributed by atoms with E-state index >= 15 is 0 Å². The predicted molar refractivity (Wildman–Crippen MR) is 101 cm³/mol. The van der Waals surface area contributed by atoms with Gasteiger partial charge in [0.15, 0.2) is 16.8 Å². The Kier molecular flexibility index (Phi) is 6.95. The summed E-state index contributed by atoms with van der Waals surface area (Å²) in [5, 5.41) is 35.7. The largest absolute Gasteiger partial charge is 0.363 e. The fourth-order valence-electron chi connectivity index (χ4n) is 2.65. The van der Waals surface area contributed by atoms with Gasteiger partial charge < -0.3 is 10.6 Å². The van der Waals surface area contributed by atoms with E-state index in [1.807, 2.05) is 0 Å². The number of rotatable bonds is 10. The third kappa shape index (κ3) is 5.97. The van der Waals surface area contributed by atoms with Crippen LogP contribution in [-0.2, 0) is 10.8 Å². The molecule has 144 valence electrons. The first-order valence-electron chi connectivity index (χ1n) is 8.81. The Hall–Kier alpha value is -2.17. The Morgan fingerprint density at radius 3 is 1.62 bits per heavy atom. The average Bonchev–Trinajstić information content (AvgIpc) is 3.29. The Balaban J connectivity index is 1.57. The molecule has 0 fully saturated rings. The van der Waals surface area contributed by atoms with Crippen molar-refractivity contribution in [1.29, 1.82) is 0 Å². The van der Waals surface area contributed by atoms with E-state index in [4.69, 9.17) is 12.2 Å².